The number of rotatable bonds is 11. The molecule has 2 heterocycles. The third-order valence-electron chi connectivity index (χ3n) is 9.81. The van der Waals surface area contributed by atoms with Crippen LogP contribution in [0.5, 0.6) is 11.6 Å². The molecule has 0 spiro atoms. The zero-order valence-electron chi connectivity index (χ0n) is 26.4. The molecular weight excluding hydrogens is 581 g/mol. The van der Waals surface area contributed by atoms with E-state index < -0.39 is 46.6 Å². The largest absolute Gasteiger partial charge is 0.507 e. The first-order chi connectivity index (χ1) is 21.6. The molecule has 1 fully saturated rings. The van der Waals surface area contributed by atoms with Crippen molar-refractivity contribution in [3.05, 3.63) is 57.6 Å². The molecule has 1 aromatic carbocycles. The molecule has 6 rings (SSSR count). The van der Waals surface area contributed by atoms with E-state index in [1.165, 1.54) is 0 Å². The second-order valence-electron chi connectivity index (χ2n) is 12.9. The average molecular weight is 624 g/mol. The van der Waals surface area contributed by atoms with Crippen LogP contribution >= 0.6 is 0 Å². The monoisotopic (exact) mass is 623 g/mol. The maximum atomic E-state index is 16.4. The van der Waals surface area contributed by atoms with E-state index in [-0.39, 0.29) is 47.8 Å². The standard InChI is InChI=1S/C34H42FN3O7/c1-6-9-12-43-29-21-17-38(11-8-3)16-20(21)26(35)19-14-18-15-22-27(37(4)5)30-25(33(36-45-30)44-13-10-7-2)32(41)34(22,42)31(40)23(18)28(39)24(19)29/h8,18,22,27,39,42H,3,6-7,9-17H2,1-2,4-5H3/t18-,22-,27-,34-/m0/s1. The molecule has 4 atom stereocenters. The van der Waals surface area contributed by atoms with E-state index >= 15 is 4.39 Å². The van der Waals surface area contributed by atoms with Gasteiger partial charge in [-0.3, -0.25) is 19.4 Å². The van der Waals surface area contributed by atoms with Crippen LogP contribution in [0.1, 0.15) is 90.4 Å². The summed E-state index contributed by atoms with van der Waals surface area (Å²) in [4.78, 5) is 32.5. The number of aliphatic hydroxyl groups excluding tert-OH is 1. The van der Waals surface area contributed by atoms with Gasteiger partial charge >= 0.3 is 0 Å². The molecule has 0 saturated heterocycles. The lowest BCUT2D eigenvalue weighted by atomic mass is 9.57. The minimum Gasteiger partial charge on any atom is -0.507 e. The van der Waals surface area contributed by atoms with E-state index in [4.69, 9.17) is 14.0 Å². The predicted molar refractivity (Wildman–Crippen MR) is 164 cm³/mol. The maximum absolute atomic E-state index is 16.4. The Morgan fingerprint density at radius 1 is 1.09 bits per heavy atom. The first kappa shape index (κ1) is 31.4. The second kappa shape index (κ2) is 12.0. The van der Waals surface area contributed by atoms with Crippen LogP contribution in [0.25, 0.3) is 5.76 Å². The number of fused-ring (bicyclic) bond motifs is 5. The number of aliphatic hydroxyl groups is 2. The molecule has 3 aliphatic carbocycles. The minimum atomic E-state index is -2.51. The smallest absolute Gasteiger partial charge is 0.265 e. The zero-order chi connectivity index (χ0) is 32.2. The normalized spacial score (nSPS) is 25.5. The molecule has 0 unspecified atom stereocenters. The van der Waals surface area contributed by atoms with Crippen LogP contribution in [-0.2, 0) is 24.3 Å². The Morgan fingerprint density at radius 2 is 1.78 bits per heavy atom. The van der Waals surface area contributed by atoms with Gasteiger partial charge in [-0.25, -0.2) is 4.39 Å². The highest BCUT2D eigenvalue weighted by Gasteiger charge is 2.65. The highest BCUT2D eigenvalue weighted by atomic mass is 19.1. The lowest BCUT2D eigenvalue weighted by molar-refractivity contribution is -0.142. The van der Waals surface area contributed by atoms with Gasteiger partial charge in [0.25, 0.3) is 5.88 Å². The van der Waals surface area contributed by atoms with Gasteiger partial charge in [0, 0.05) is 47.8 Å². The number of ketones is 2. The summed E-state index contributed by atoms with van der Waals surface area (Å²) in [6, 6.07) is -0.696. The fraction of sp³-hybridized carbons (Fsp3) is 0.559. The van der Waals surface area contributed by atoms with Gasteiger partial charge in [0.1, 0.15) is 22.9 Å². The number of aromatic nitrogens is 1. The van der Waals surface area contributed by atoms with Crippen LogP contribution in [0.2, 0.25) is 0 Å². The number of ether oxygens (including phenoxy) is 2. The lowest BCUT2D eigenvalue weighted by Crippen LogP contribution is -2.63. The van der Waals surface area contributed by atoms with E-state index in [1.54, 1.807) is 25.1 Å². The number of hydrogen-bond donors (Lipinski definition) is 2. The Hall–Kier alpha value is -3.54. The predicted octanol–water partition coefficient (Wildman–Crippen LogP) is 4.93. The Balaban J connectivity index is 1.49. The van der Waals surface area contributed by atoms with Crippen LogP contribution in [-0.4, -0.2) is 76.2 Å². The second-order valence-corrected chi connectivity index (χ2v) is 12.9. The van der Waals surface area contributed by atoms with E-state index in [0.717, 1.165) is 25.7 Å². The van der Waals surface area contributed by atoms with Gasteiger partial charge in [0.05, 0.1) is 24.8 Å². The molecule has 45 heavy (non-hydrogen) atoms. The first-order valence-corrected chi connectivity index (χ1v) is 16.0. The van der Waals surface area contributed by atoms with Gasteiger partial charge < -0.3 is 24.2 Å². The van der Waals surface area contributed by atoms with Crippen molar-refractivity contribution in [2.45, 2.75) is 77.1 Å². The fourth-order valence-corrected chi connectivity index (χ4v) is 7.64. The first-order valence-electron chi connectivity index (χ1n) is 16.0. The maximum Gasteiger partial charge on any atom is 0.265 e. The SMILES string of the molecule is C=CCN1Cc2c(F)c3c(c(OCCCC)c2C1)C(O)=C1C(=O)[C@]2(O)C(=O)c4c(OCCCC)noc4[C@@H](N(C)C)[C@@H]2C[C@@H]1C3. The van der Waals surface area contributed by atoms with Crippen LogP contribution in [0.15, 0.2) is 22.8 Å². The summed E-state index contributed by atoms with van der Waals surface area (Å²) in [5.74, 6) is -3.63. The number of nitrogens with zero attached hydrogens (tertiary/aromatic N) is 3. The summed E-state index contributed by atoms with van der Waals surface area (Å²) in [6.07, 6.45) is 5.20. The summed E-state index contributed by atoms with van der Waals surface area (Å²) >= 11 is 0. The average Bonchev–Trinajstić information content (AvgIpc) is 3.62. The van der Waals surface area contributed by atoms with E-state index in [1.807, 2.05) is 18.7 Å². The van der Waals surface area contributed by atoms with Gasteiger partial charge in [-0.2, -0.15) is 0 Å². The molecular formula is C34H42FN3O7. The molecule has 11 heteroatoms. The zero-order valence-corrected chi connectivity index (χ0v) is 26.4. The minimum absolute atomic E-state index is 0.0542. The molecule has 0 amide bonds. The summed E-state index contributed by atoms with van der Waals surface area (Å²) in [6.45, 7) is 9.82. The van der Waals surface area contributed by atoms with Crippen LogP contribution in [0.4, 0.5) is 4.39 Å². The summed E-state index contributed by atoms with van der Waals surface area (Å²) < 4.78 is 34.1. The highest BCUT2D eigenvalue weighted by molar-refractivity contribution is 6.26. The molecule has 1 aromatic heterocycles. The molecule has 0 radical (unpaired) electrons. The topological polar surface area (TPSA) is 126 Å². The quantitative estimate of drug-likeness (QED) is 0.202. The number of halogens is 1. The van der Waals surface area contributed by atoms with Gasteiger partial charge in [-0.15, -0.1) is 6.58 Å². The number of benzene rings is 1. The summed E-state index contributed by atoms with van der Waals surface area (Å²) in [5.41, 5.74) is -1.03. The van der Waals surface area contributed by atoms with Crippen LogP contribution < -0.4 is 9.47 Å². The lowest BCUT2D eigenvalue weighted by Gasteiger charge is -2.49. The third kappa shape index (κ3) is 4.73. The van der Waals surface area contributed by atoms with Crippen molar-refractivity contribution in [1.82, 2.24) is 15.0 Å². The molecule has 0 bridgehead atoms. The van der Waals surface area contributed by atoms with Gasteiger partial charge in [0.2, 0.25) is 11.6 Å². The molecule has 10 nitrogen and oxygen atoms in total. The van der Waals surface area contributed by atoms with Crippen molar-refractivity contribution in [1.29, 1.82) is 0 Å². The van der Waals surface area contributed by atoms with Crippen molar-refractivity contribution < 1.29 is 38.2 Å². The van der Waals surface area contributed by atoms with Crippen LogP contribution in [0.3, 0.4) is 0 Å². The van der Waals surface area contributed by atoms with Crippen molar-refractivity contribution >= 4 is 17.3 Å². The molecule has 242 valence electrons. The third-order valence-corrected chi connectivity index (χ3v) is 9.81. The molecule has 1 saturated carbocycles. The number of carbonyl (C=O) groups excluding carboxylic acids is 2. The van der Waals surface area contributed by atoms with E-state index in [0.29, 0.717) is 48.7 Å². The van der Waals surface area contributed by atoms with E-state index in [9.17, 15) is 19.8 Å². The highest BCUT2D eigenvalue weighted by Crippen LogP contribution is 2.57. The molecule has 1 aliphatic heterocycles. The number of hydrogen-bond acceptors (Lipinski definition) is 10. The Morgan fingerprint density at radius 3 is 2.44 bits per heavy atom. The van der Waals surface area contributed by atoms with Gasteiger partial charge in [-0.05, 0) is 50.9 Å². The molecule has 2 N–H and O–H groups in total. The van der Waals surface area contributed by atoms with Gasteiger partial charge in [0.15, 0.2) is 11.4 Å². The Kier molecular flexibility index (Phi) is 8.38. The summed E-state index contributed by atoms with van der Waals surface area (Å²) in [7, 11) is 3.54. The van der Waals surface area contributed by atoms with Crippen molar-refractivity contribution in [2.75, 3.05) is 33.9 Å². The van der Waals surface area contributed by atoms with Crippen LogP contribution in [0, 0.1) is 17.7 Å². The summed E-state index contributed by atoms with van der Waals surface area (Å²) in [5, 5.41) is 28.2. The Bertz CT molecular complexity index is 1580. The number of Topliss-reactive ketones (excluding diaryl/α,β-unsaturated/α-hetero) is 2. The van der Waals surface area contributed by atoms with Crippen molar-refractivity contribution in [3.63, 3.8) is 0 Å². The van der Waals surface area contributed by atoms with Crippen molar-refractivity contribution in [2.24, 2.45) is 11.8 Å². The van der Waals surface area contributed by atoms with Gasteiger partial charge in [-0.1, -0.05) is 32.8 Å². The van der Waals surface area contributed by atoms with Crippen molar-refractivity contribution in [3.8, 4) is 11.6 Å². The molecule has 4 aliphatic rings. The number of carbonyl (C=O) groups is 2. The number of unbranched alkanes of at least 4 members (excludes halogenated alkanes) is 2. The fourth-order valence-electron chi connectivity index (χ4n) is 7.64. The van der Waals surface area contributed by atoms with E-state index in [2.05, 4.69) is 11.7 Å². The molecule has 2 aromatic rings. The Labute approximate surface area is 262 Å².